The zero-order valence-corrected chi connectivity index (χ0v) is 23.3. The smallest absolute Gasteiger partial charge is 0.233 e. The van der Waals surface area contributed by atoms with Crippen molar-refractivity contribution < 1.29 is 17.9 Å². The summed E-state index contributed by atoms with van der Waals surface area (Å²) in [4.78, 5) is 21.0. The van der Waals surface area contributed by atoms with Gasteiger partial charge in [-0.1, -0.05) is 0 Å². The third-order valence-corrected chi connectivity index (χ3v) is 8.41. The van der Waals surface area contributed by atoms with E-state index in [2.05, 4.69) is 32.3 Å². The van der Waals surface area contributed by atoms with Crippen LogP contribution in [0.1, 0.15) is 25.5 Å². The number of nitrogens with zero attached hydrogens (tertiary/aromatic N) is 7. The van der Waals surface area contributed by atoms with Gasteiger partial charge in [0.05, 0.1) is 25.8 Å². The molecule has 2 aliphatic rings. The average molecular weight is 565 g/mol. The SMILES string of the molecule is CN(c1ccc(-c2nc(Nc3ccc(N4CCOCC4)cc3)nc3c2ncn3C2CCCCO2)cn1)S(C)(=O)=O. The standard InChI is InChI=1S/C27H32N8O4S/c1-33(40(2,36)37)22-11-6-19(17-28-22)24-25-26(35(18-29-25)23-5-3-4-14-39-23)32-27(31-24)30-20-7-9-21(10-8-20)34-12-15-38-16-13-34/h6-11,17-18,23H,3-5,12-16H2,1-2H3,(H,30,31,32). The van der Waals surface area contributed by atoms with Crippen LogP contribution in [0.15, 0.2) is 48.9 Å². The number of rotatable bonds is 7. The molecule has 1 unspecified atom stereocenters. The molecule has 0 radical (unpaired) electrons. The highest BCUT2D eigenvalue weighted by Crippen LogP contribution is 2.32. The van der Waals surface area contributed by atoms with E-state index in [1.807, 2.05) is 16.7 Å². The Morgan fingerprint density at radius 2 is 1.80 bits per heavy atom. The Labute approximate surface area is 233 Å². The van der Waals surface area contributed by atoms with Crippen LogP contribution in [0.3, 0.4) is 0 Å². The summed E-state index contributed by atoms with van der Waals surface area (Å²) in [5.74, 6) is 0.730. The van der Waals surface area contributed by atoms with Crippen LogP contribution in [0.5, 0.6) is 0 Å². The van der Waals surface area contributed by atoms with Crippen LogP contribution >= 0.6 is 0 Å². The number of aromatic nitrogens is 5. The Hall–Kier alpha value is -3.81. The molecule has 13 heteroatoms. The van der Waals surface area contributed by atoms with Crippen LogP contribution in [-0.4, -0.2) is 79.1 Å². The number of hydrogen-bond acceptors (Lipinski definition) is 10. The number of nitrogens with one attached hydrogen (secondary N) is 1. The topological polar surface area (TPSA) is 128 Å². The molecule has 0 saturated carbocycles. The fraction of sp³-hybridized carbons (Fsp3) is 0.407. The minimum Gasteiger partial charge on any atom is -0.378 e. The first-order valence-corrected chi connectivity index (χ1v) is 15.2. The maximum absolute atomic E-state index is 12.0. The first kappa shape index (κ1) is 26.4. The van der Waals surface area contributed by atoms with E-state index in [1.165, 1.54) is 7.05 Å². The largest absolute Gasteiger partial charge is 0.378 e. The van der Waals surface area contributed by atoms with E-state index in [9.17, 15) is 8.42 Å². The number of morpholine rings is 1. The van der Waals surface area contributed by atoms with Crippen molar-refractivity contribution in [1.29, 1.82) is 0 Å². The van der Waals surface area contributed by atoms with Gasteiger partial charge in [0, 0.05) is 49.9 Å². The Balaban J connectivity index is 1.36. The average Bonchev–Trinajstić information content (AvgIpc) is 3.41. The third kappa shape index (κ3) is 5.44. The van der Waals surface area contributed by atoms with Crippen molar-refractivity contribution in [3.63, 3.8) is 0 Å². The molecule has 2 aliphatic heterocycles. The number of sulfonamides is 1. The summed E-state index contributed by atoms with van der Waals surface area (Å²) in [5.41, 5.74) is 4.55. The van der Waals surface area contributed by atoms with E-state index >= 15 is 0 Å². The number of imidazole rings is 1. The van der Waals surface area contributed by atoms with Crippen molar-refractivity contribution in [3.8, 4) is 11.3 Å². The van der Waals surface area contributed by atoms with Gasteiger partial charge in [-0.05, 0) is 55.7 Å². The number of pyridine rings is 1. The summed E-state index contributed by atoms with van der Waals surface area (Å²) in [6.45, 7) is 3.90. The second-order valence-electron chi connectivity index (χ2n) is 9.95. The summed E-state index contributed by atoms with van der Waals surface area (Å²) in [6.07, 6.45) is 7.34. The minimum absolute atomic E-state index is 0.147. The van der Waals surface area contributed by atoms with Gasteiger partial charge in [-0.2, -0.15) is 4.98 Å². The highest BCUT2D eigenvalue weighted by atomic mass is 32.2. The van der Waals surface area contributed by atoms with Gasteiger partial charge < -0.3 is 19.7 Å². The van der Waals surface area contributed by atoms with Crippen LogP contribution in [0, 0.1) is 0 Å². The minimum atomic E-state index is -3.43. The number of hydrogen-bond donors (Lipinski definition) is 1. The molecule has 2 saturated heterocycles. The van der Waals surface area contributed by atoms with E-state index in [0.29, 0.717) is 40.8 Å². The number of benzene rings is 1. The van der Waals surface area contributed by atoms with Gasteiger partial charge in [0.25, 0.3) is 0 Å². The van der Waals surface area contributed by atoms with Crippen LogP contribution in [0.25, 0.3) is 22.4 Å². The molecule has 210 valence electrons. The van der Waals surface area contributed by atoms with Gasteiger partial charge in [0.15, 0.2) is 5.65 Å². The number of fused-ring (bicyclic) bond motifs is 1. The van der Waals surface area contributed by atoms with E-state index in [1.54, 1.807) is 24.7 Å². The monoisotopic (exact) mass is 564 g/mol. The molecule has 2 fully saturated rings. The normalized spacial score (nSPS) is 18.1. The van der Waals surface area contributed by atoms with Crippen LogP contribution in [0.2, 0.25) is 0 Å². The van der Waals surface area contributed by atoms with Gasteiger partial charge in [0.2, 0.25) is 16.0 Å². The predicted molar refractivity (Wildman–Crippen MR) is 153 cm³/mol. The molecule has 12 nitrogen and oxygen atoms in total. The highest BCUT2D eigenvalue weighted by Gasteiger charge is 2.23. The highest BCUT2D eigenvalue weighted by molar-refractivity contribution is 7.92. The maximum Gasteiger partial charge on any atom is 0.233 e. The molecule has 0 spiro atoms. The fourth-order valence-electron chi connectivity index (χ4n) is 4.92. The molecule has 40 heavy (non-hydrogen) atoms. The Bertz CT molecular complexity index is 1580. The first-order valence-electron chi connectivity index (χ1n) is 13.3. The van der Waals surface area contributed by atoms with Gasteiger partial charge in [-0.15, -0.1) is 0 Å². The van der Waals surface area contributed by atoms with Gasteiger partial charge >= 0.3 is 0 Å². The van der Waals surface area contributed by atoms with E-state index in [4.69, 9.17) is 19.4 Å². The summed E-state index contributed by atoms with van der Waals surface area (Å²) < 4.78 is 38.5. The lowest BCUT2D eigenvalue weighted by Crippen LogP contribution is -2.36. The van der Waals surface area contributed by atoms with Crippen molar-refractivity contribution in [2.45, 2.75) is 25.5 Å². The lowest BCUT2D eigenvalue weighted by Gasteiger charge is -2.28. The molecule has 0 bridgehead atoms. The first-order chi connectivity index (χ1) is 19.4. The van der Waals surface area contributed by atoms with E-state index < -0.39 is 10.0 Å². The summed E-state index contributed by atoms with van der Waals surface area (Å²) in [5, 5.41) is 3.35. The van der Waals surface area contributed by atoms with Crippen molar-refractivity contribution >= 4 is 44.3 Å². The van der Waals surface area contributed by atoms with Crippen molar-refractivity contribution in [2.24, 2.45) is 0 Å². The molecule has 1 N–H and O–H groups in total. The number of anilines is 4. The lowest BCUT2D eigenvalue weighted by molar-refractivity contribution is -0.0298. The predicted octanol–water partition coefficient (Wildman–Crippen LogP) is 3.56. The molecule has 0 aliphatic carbocycles. The molecular weight excluding hydrogens is 532 g/mol. The van der Waals surface area contributed by atoms with Gasteiger partial charge in [-0.25, -0.2) is 23.4 Å². The molecular formula is C27H32N8O4S. The molecule has 6 rings (SSSR count). The lowest BCUT2D eigenvalue weighted by atomic mass is 10.1. The van der Waals surface area contributed by atoms with Crippen molar-refractivity contribution in [3.05, 3.63) is 48.9 Å². The van der Waals surface area contributed by atoms with Gasteiger partial charge in [0.1, 0.15) is 23.3 Å². The van der Waals surface area contributed by atoms with Crippen LogP contribution in [-0.2, 0) is 19.5 Å². The Kier molecular flexibility index (Phi) is 7.26. The Morgan fingerprint density at radius 1 is 1.00 bits per heavy atom. The fourth-order valence-corrected chi connectivity index (χ4v) is 5.36. The Morgan fingerprint density at radius 3 is 2.48 bits per heavy atom. The van der Waals surface area contributed by atoms with Crippen molar-refractivity contribution in [2.75, 3.05) is 60.7 Å². The summed E-state index contributed by atoms with van der Waals surface area (Å²) in [7, 11) is -1.96. The second kappa shape index (κ2) is 11.0. The van der Waals surface area contributed by atoms with Crippen LogP contribution in [0.4, 0.5) is 23.1 Å². The van der Waals surface area contributed by atoms with Gasteiger partial charge in [-0.3, -0.25) is 8.87 Å². The molecule has 3 aromatic heterocycles. The zero-order valence-electron chi connectivity index (χ0n) is 22.5. The number of ether oxygens (including phenoxy) is 2. The quantitative estimate of drug-likeness (QED) is 0.356. The molecule has 5 heterocycles. The summed E-state index contributed by atoms with van der Waals surface area (Å²) >= 11 is 0. The molecule has 1 atom stereocenters. The van der Waals surface area contributed by atoms with Crippen LogP contribution < -0.4 is 14.5 Å². The van der Waals surface area contributed by atoms with E-state index in [0.717, 1.165) is 67.5 Å². The molecule has 1 aromatic carbocycles. The second-order valence-corrected chi connectivity index (χ2v) is 12.0. The molecule has 4 aromatic rings. The van der Waals surface area contributed by atoms with Crippen molar-refractivity contribution in [1.82, 2.24) is 24.5 Å². The zero-order chi connectivity index (χ0) is 27.7. The third-order valence-electron chi connectivity index (χ3n) is 7.23. The summed E-state index contributed by atoms with van der Waals surface area (Å²) in [6, 6.07) is 11.6. The molecule has 0 amide bonds. The maximum atomic E-state index is 12.0. The van der Waals surface area contributed by atoms with E-state index in [-0.39, 0.29) is 6.23 Å².